The van der Waals surface area contributed by atoms with Gasteiger partial charge in [0.05, 0.1) is 10.7 Å². The number of aromatic nitrogens is 1. The molecule has 3 heteroatoms. The van der Waals surface area contributed by atoms with Gasteiger partial charge in [-0.25, -0.2) is 4.98 Å². The molecule has 1 aromatic heterocycles. The molecular weight excluding hydrogens is 252 g/mol. The van der Waals surface area contributed by atoms with Crippen LogP contribution in [0.3, 0.4) is 0 Å². The van der Waals surface area contributed by atoms with E-state index in [0.717, 1.165) is 17.8 Å². The van der Waals surface area contributed by atoms with Crippen molar-refractivity contribution in [1.29, 1.82) is 0 Å². The monoisotopic (exact) mass is 282 g/mol. The van der Waals surface area contributed by atoms with E-state index >= 15 is 0 Å². The summed E-state index contributed by atoms with van der Waals surface area (Å²) in [7, 11) is 0. The standard InChI is InChI=1S/C16H30N2S/c1-3-4-5-6-7-8-9-10-11-15(17)12-16-13-19-14(2)18-16/h13,15H,3-12,17H2,1-2H3. The average molecular weight is 282 g/mol. The molecule has 0 aliphatic rings. The number of thiazole rings is 1. The Morgan fingerprint density at radius 3 is 2.32 bits per heavy atom. The van der Waals surface area contributed by atoms with Crippen molar-refractivity contribution >= 4 is 11.3 Å². The number of hydrogen-bond donors (Lipinski definition) is 1. The van der Waals surface area contributed by atoms with Crippen LogP contribution in [-0.2, 0) is 6.42 Å². The van der Waals surface area contributed by atoms with E-state index < -0.39 is 0 Å². The van der Waals surface area contributed by atoms with Crippen LogP contribution in [0.1, 0.15) is 75.4 Å². The minimum atomic E-state index is 0.293. The van der Waals surface area contributed by atoms with Crippen LogP contribution in [0.4, 0.5) is 0 Å². The Hall–Kier alpha value is -0.410. The van der Waals surface area contributed by atoms with Crippen molar-refractivity contribution < 1.29 is 0 Å². The third kappa shape index (κ3) is 8.38. The maximum absolute atomic E-state index is 6.16. The summed E-state index contributed by atoms with van der Waals surface area (Å²) in [6.07, 6.45) is 13.1. The zero-order valence-electron chi connectivity index (χ0n) is 12.7. The fraction of sp³-hybridized carbons (Fsp3) is 0.812. The molecule has 0 spiro atoms. The van der Waals surface area contributed by atoms with Gasteiger partial charge in [0.25, 0.3) is 0 Å². The molecule has 0 amide bonds. The molecule has 0 aromatic carbocycles. The highest BCUT2D eigenvalue weighted by molar-refractivity contribution is 7.09. The van der Waals surface area contributed by atoms with Gasteiger partial charge >= 0.3 is 0 Å². The molecule has 1 rings (SSSR count). The summed E-state index contributed by atoms with van der Waals surface area (Å²) in [5.74, 6) is 0. The van der Waals surface area contributed by atoms with E-state index in [0.29, 0.717) is 6.04 Å². The highest BCUT2D eigenvalue weighted by Crippen LogP contribution is 2.13. The molecule has 1 heterocycles. The second kappa shape index (κ2) is 10.4. The summed E-state index contributed by atoms with van der Waals surface area (Å²) in [6.45, 7) is 4.32. The molecule has 1 atom stereocenters. The molecule has 0 fully saturated rings. The summed E-state index contributed by atoms with van der Waals surface area (Å²) in [6, 6.07) is 0.293. The van der Waals surface area contributed by atoms with E-state index in [-0.39, 0.29) is 0 Å². The molecule has 1 aromatic rings. The molecule has 0 bridgehead atoms. The van der Waals surface area contributed by atoms with Gasteiger partial charge in [0, 0.05) is 17.8 Å². The maximum atomic E-state index is 6.16. The molecule has 110 valence electrons. The van der Waals surface area contributed by atoms with Gasteiger partial charge in [-0.05, 0) is 13.3 Å². The highest BCUT2D eigenvalue weighted by Gasteiger charge is 2.06. The minimum absolute atomic E-state index is 0.293. The SMILES string of the molecule is CCCCCCCCCCC(N)Cc1csc(C)n1. The van der Waals surface area contributed by atoms with Crippen molar-refractivity contribution in [2.75, 3.05) is 0 Å². The van der Waals surface area contributed by atoms with Crippen molar-refractivity contribution in [2.24, 2.45) is 5.73 Å². The first-order valence-electron chi connectivity index (χ1n) is 7.89. The Balaban J connectivity index is 1.94. The zero-order valence-corrected chi connectivity index (χ0v) is 13.5. The van der Waals surface area contributed by atoms with Crippen molar-refractivity contribution in [3.8, 4) is 0 Å². The lowest BCUT2D eigenvalue weighted by molar-refractivity contribution is 0.523. The summed E-state index contributed by atoms with van der Waals surface area (Å²) in [4.78, 5) is 4.48. The predicted octanol–water partition coefficient (Wildman–Crippen LogP) is 4.85. The molecule has 2 N–H and O–H groups in total. The van der Waals surface area contributed by atoms with E-state index in [2.05, 4.69) is 24.2 Å². The highest BCUT2D eigenvalue weighted by atomic mass is 32.1. The molecule has 0 aliphatic carbocycles. The smallest absolute Gasteiger partial charge is 0.0897 e. The Morgan fingerprint density at radius 2 is 1.74 bits per heavy atom. The largest absolute Gasteiger partial charge is 0.327 e. The first-order chi connectivity index (χ1) is 9.22. The van der Waals surface area contributed by atoms with Crippen LogP contribution in [0.5, 0.6) is 0 Å². The van der Waals surface area contributed by atoms with Crippen molar-refractivity contribution in [3.63, 3.8) is 0 Å². The van der Waals surface area contributed by atoms with E-state index in [1.165, 1.54) is 57.1 Å². The van der Waals surface area contributed by atoms with Gasteiger partial charge in [-0.15, -0.1) is 11.3 Å². The van der Waals surface area contributed by atoms with Crippen molar-refractivity contribution in [2.45, 2.75) is 84.1 Å². The van der Waals surface area contributed by atoms with Crippen LogP contribution in [0.15, 0.2) is 5.38 Å². The van der Waals surface area contributed by atoms with Gasteiger partial charge in [0.1, 0.15) is 0 Å². The van der Waals surface area contributed by atoms with Crippen LogP contribution >= 0.6 is 11.3 Å². The summed E-state index contributed by atoms with van der Waals surface area (Å²) < 4.78 is 0. The van der Waals surface area contributed by atoms with Crippen LogP contribution in [0.2, 0.25) is 0 Å². The van der Waals surface area contributed by atoms with E-state index in [4.69, 9.17) is 5.73 Å². The molecule has 0 saturated carbocycles. The summed E-state index contributed by atoms with van der Waals surface area (Å²) >= 11 is 1.72. The third-order valence-corrected chi connectivity index (χ3v) is 4.39. The summed E-state index contributed by atoms with van der Waals surface area (Å²) in [5.41, 5.74) is 7.34. The Morgan fingerprint density at radius 1 is 1.11 bits per heavy atom. The molecule has 1 unspecified atom stereocenters. The first-order valence-corrected chi connectivity index (χ1v) is 8.77. The van der Waals surface area contributed by atoms with Gasteiger partial charge in [-0.1, -0.05) is 58.3 Å². The lowest BCUT2D eigenvalue weighted by Crippen LogP contribution is -2.22. The fourth-order valence-electron chi connectivity index (χ4n) is 2.41. The maximum Gasteiger partial charge on any atom is 0.0897 e. The van der Waals surface area contributed by atoms with Crippen LogP contribution < -0.4 is 5.73 Å². The zero-order chi connectivity index (χ0) is 13.9. The van der Waals surface area contributed by atoms with Crippen LogP contribution in [-0.4, -0.2) is 11.0 Å². The second-order valence-electron chi connectivity index (χ2n) is 5.59. The second-order valence-corrected chi connectivity index (χ2v) is 6.65. The average Bonchev–Trinajstić information content (AvgIpc) is 2.78. The lowest BCUT2D eigenvalue weighted by atomic mass is 10.0. The Labute approximate surface area is 122 Å². The molecule has 2 nitrogen and oxygen atoms in total. The number of unbranched alkanes of at least 4 members (excludes halogenated alkanes) is 7. The van der Waals surface area contributed by atoms with Gasteiger partial charge in [0.2, 0.25) is 0 Å². The van der Waals surface area contributed by atoms with Gasteiger partial charge in [0.15, 0.2) is 0 Å². The van der Waals surface area contributed by atoms with Crippen molar-refractivity contribution in [1.82, 2.24) is 4.98 Å². The normalized spacial score (nSPS) is 12.8. The quantitative estimate of drug-likeness (QED) is 0.589. The van der Waals surface area contributed by atoms with E-state index in [9.17, 15) is 0 Å². The fourth-order valence-corrected chi connectivity index (χ4v) is 3.04. The van der Waals surface area contributed by atoms with Gasteiger partial charge in [-0.2, -0.15) is 0 Å². The van der Waals surface area contributed by atoms with Crippen molar-refractivity contribution in [3.05, 3.63) is 16.1 Å². The summed E-state index contributed by atoms with van der Waals surface area (Å²) in [5, 5.41) is 3.29. The molecule has 0 radical (unpaired) electrons. The Bertz CT molecular complexity index is 322. The topological polar surface area (TPSA) is 38.9 Å². The number of aryl methyl sites for hydroxylation is 1. The molecular formula is C16H30N2S. The van der Waals surface area contributed by atoms with Crippen LogP contribution in [0.25, 0.3) is 0 Å². The van der Waals surface area contributed by atoms with Gasteiger partial charge in [-0.3, -0.25) is 0 Å². The van der Waals surface area contributed by atoms with Crippen LogP contribution in [0, 0.1) is 6.92 Å². The number of nitrogens with zero attached hydrogens (tertiary/aromatic N) is 1. The molecule has 19 heavy (non-hydrogen) atoms. The Kier molecular flexibility index (Phi) is 9.10. The number of hydrogen-bond acceptors (Lipinski definition) is 3. The molecule has 0 saturated heterocycles. The van der Waals surface area contributed by atoms with Gasteiger partial charge < -0.3 is 5.73 Å². The third-order valence-electron chi connectivity index (χ3n) is 3.57. The predicted molar refractivity (Wildman–Crippen MR) is 85.8 cm³/mol. The number of rotatable bonds is 11. The first kappa shape index (κ1) is 16.6. The number of nitrogens with two attached hydrogens (primary N) is 1. The molecule has 0 aliphatic heterocycles. The minimum Gasteiger partial charge on any atom is -0.327 e. The van der Waals surface area contributed by atoms with E-state index in [1.54, 1.807) is 11.3 Å². The lowest BCUT2D eigenvalue weighted by Gasteiger charge is -2.09. The van der Waals surface area contributed by atoms with E-state index in [1.807, 2.05) is 0 Å².